The molecule has 0 fully saturated rings. The molecule has 0 aromatic heterocycles. The van der Waals surface area contributed by atoms with Gasteiger partial charge in [-0.25, -0.2) is 4.79 Å². The van der Waals surface area contributed by atoms with Crippen molar-refractivity contribution in [2.75, 3.05) is 26.4 Å². The number of halogens is 2. The van der Waals surface area contributed by atoms with E-state index in [0.717, 1.165) is 0 Å². The van der Waals surface area contributed by atoms with Crippen LogP contribution < -0.4 is 10.1 Å². The number of hydrogen-bond donors (Lipinski definition) is 2. The minimum atomic E-state index is -1.05. The lowest BCUT2D eigenvalue weighted by molar-refractivity contribution is -0.142. The summed E-state index contributed by atoms with van der Waals surface area (Å²) in [5.74, 6) is -0.871. The van der Waals surface area contributed by atoms with Gasteiger partial charge in [0, 0.05) is 11.6 Å². The lowest BCUT2D eigenvalue weighted by Crippen LogP contribution is -2.32. The highest BCUT2D eigenvalue weighted by Crippen LogP contribution is 2.27. The van der Waals surface area contributed by atoms with Crippen LogP contribution in [-0.4, -0.2) is 43.3 Å². The molecule has 1 rings (SSSR count). The third-order valence-electron chi connectivity index (χ3n) is 2.05. The second-order valence-corrected chi connectivity index (χ2v) is 4.95. The second kappa shape index (κ2) is 8.78. The van der Waals surface area contributed by atoms with Crippen molar-refractivity contribution < 1.29 is 24.2 Å². The molecule has 0 aliphatic rings. The third kappa shape index (κ3) is 6.74. The molecular weight excluding hydrogens is 353 g/mol. The van der Waals surface area contributed by atoms with Gasteiger partial charge in [-0.3, -0.25) is 4.79 Å². The van der Waals surface area contributed by atoms with E-state index in [-0.39, 0.29) is 32.3 Å². The summed E-state index contributed by atoms with van der Waals surface area (Å²) in [7, 11) is 0. The Hall–Kier alpha value is -1.31. The van der Waals surface area contributed by atoms with Gasteiger partial charge >= 0.3 is 5.97 Å². The topological polar surface area (TPSA) is 84.9 Å². The van der Waals surface area contributed by atoms with Crippen LogP contribution in [0, 0.1) is 0 Å². The fourth-order valence-electron chi connectivity index (χ4n) is 1.21. The molecule has 0 unspecified atom stereocenters. The zero-order chi connectivity index (χ0) is 15.0. The lowest BCUT2D eigenvalue weighted by Gasteiger charge is -2.09. The fourth-order valence-corrected chi connectivity index (χ4v) is 2.01. The number of carbonyl (C=O) groups excluding carboxylic acids is 1. The molecule has 0 radical (unpaired) electrons. The second-order valence-electron chi connectivity index (χ2n) is 3.66. The van der Waals surface area contributed by atoms with Gasteiger partial charge in [0.1, 0.15) is 12.4 Å². The maximum Gasteiger partial charge on any atom is 0.329 e. The average Bonchev–Trinajstić information content (AvgIpc) is 2.37. The van der Waals surface area contributed by atoms with Crippen molar-refractivity contribution in [3.8, 4) is 5.75 Å². The predicted octanol–water partition coefficient (Wildman–Crippen LogP) is 1.70. The summed E-state index contributed by atoms with van der Waals surface area (Å²) in [6, 6.07) is 4.96. The summed E-state index contributed by atoms with van der Waals surface area (Å²) in [4.78, 5) is 21.6. The zero-order valence-corrected chi connectivity index (χ0v) is 12.7. The molecule has 2 N–H and O–H groups in total. The Morgan fingerprint density at radius 2 is 2.10 bits per heavy atom. The van der Waals surface area contributed by atoms with Gasteiger partial charge in [0.15, 0.2) is 6.61 Å². The van der Waals surface area contributed by atoms with Crippen LogP contribution in [0.25, 0.3) is 0 Å². The maximum absolute atomic E-state index is 11.4. The Balaban J connectivity index is 2.21. The Morgan fingerprint density at radius 1 is 1.35 bits per heavy atom. The molecule has 0 bridgehead atoms. The average molecular weight is 367 g/mol. The van der Waals surface area contributed by atoms with E-state index in [9.17, 15) is 9.59 Å². The molecular formula is C12H13BrClNO5. The standard InChI is InChI=1S/C12H13BrClNO5/c13-9-5-8(14)1-2-10(9)20-6-11(16)15-3-4-19-7-12(17)18/h1-2,5H,3-4,6-7H2,(H,15,16)(H,17,18). The normalized spacial score (nSPS) is 10.1. The first-order valence-electron chi connectivity index (χ1n) is 5.63. The molecule has 0 spiro atoms. The molecule has 0 saturated heterocycles. The Bertz CT molecular complexity index is 483. The highest BCUT2D eigenvalue weighted by molar-refractivity contribution is 9.10. The minimum Gasteiger partial charge on any atom is -0.483 e. The highest BCUT2D eigenvalue weighted by Gasteiger charge is 2.06. The summed E-state index contributed by atoms with van der Waals surface area (Å²) in [5.41, 5.74) is 0. The first-order valence-corrected chi connectivity index (χ1v) is 6.80. The fraction of sp³-hybridized carbons (Fsp3) is 0.333. The first kappa shape index (κ1) is 16.7. The number of carboxylic acids is 1. The predicted molar refractivity (Wildman–Crippen MR) is 76.1 cm³/mol. The van der Waals surface area contributed by atoms with Gasteiger partial charge < -0.3 is 19.9 Å². The quantitative estimate of drug-likeness (QED) is 0.684. The van der Waals surface area contributed by atoms with E-state index < -0.39 is 5.97 Å². The van der Waals surface area contributed by atoms with Crippen molar-refractivity contribution in [3.63, 3.8) is 0 Å². The summed E-state index contributed by atoms with van der Waals surface area (Å²) in [6.07, 6.45) is 0. The summed E-state index contributed by atoms with van der Waals surface area (Å²) >= 11 is 9.05. The SMILES string of the molecule is O=C(O)COCCNC(=O)COc1ccc(Cl)cc1Br. The van der Waals surface area contributed by atoms with E-state index in [1.807, 2.05) is 0 Å². The van der Waals surface area contributed by atoms with Crippen molar-refractivity contribution in [1.82, 2.24) is 5.32 Å². The molecule has 1 aromatic rings. The van der Waals surface area contributed by atoms with E-state index in [4.69, 9.17) is 26.2 Å². The van der Waals surface area contributed by atoms with Crippen LogP contribution >= 0.6 is 27.5 Å². The number of amides is 1. The number of hydrogen-bond acceptors (Lipinski definition) is 4. The monoisotopic (exact) mass is 365 g/mol. The molecule has 0 aliphatic heterocycles. The van der Waals surface area contributed by atoms with Gasteiger partial charge in [0.2, 0.25) is 0 Å². The van der Waals surface area contributed by atoms with Gasteiger partial charge in [0.25, 0.3) is 5.91 Å². The molecule has 1 amide bonds. The van der Waals surface area contributed by atoms with Gasteiger partial charge in [-0.05, 0) is 34.1 Å². The summed E-state index contributed by atoms with van der Waals surface area (Å²) < 4.78 is 10.7. The Kier molecular flexibility index (Phi) is 7.35. The molecule has 8 heteroatoms. The van der Waals surface area contributed by atoms with Crippen LogP contribution in [0.1, 0.15) is 0 Å². The molecule has 20 heavy (non-hydrogen) atoms. The van der Waals surface area contributed by atoms with E-state index >= 15 is 0 Å². The maximum atomic E-state index is 11.4. The van der Waals surface area contributed by atoms with Gasteiger partial charge in [-0.1, -0.05) is 11.6 Å². The molecule has 0 aliphatic carbocycles. The molecule has 0 saturated carbocycles. The van der Waals surface area contributed by atoms with Gasteiger partial charge in [-0.15, -0.1) is 0 Å². The van der Waals surface area contributed by atoms with Crippen LogP contribution in [0.3, 0.4) is 0 Å². The molecule has 0 heterocycles. The van der Waals surface area contributed by atoms with E-state index in [2.05, 4.69) is 21.2 Å². The number of carbonyl (C=O) groups is 2. The van der Waals surface area contributed by atoms with E-state index in [0.29, 0.717) is 15.2 Å². The Labute approximate surface area is 129 Å². The van der Waals surface area contributed by atoms with Crippen LogP contribution in [0.5, 0.6) is 5.75 Å². The van der Waals surface area contributed by atoms with Crippen molar-refractivity contribution >= 4 is 39.4 Å². The molecule has 1 aromatic carbocycles. The summed E-state index contributed by atoms with van der Waals surface area (Å²) in [6.45, 7) is -0.191. The molecule has 6 nitrogen and oxygen atoms in total. The van der Waals surface area contributed by atoms with Crippen molar-refractivity contribution in [2.24, 2.45) is 0 Å². The van der Waals surface area contributed by atoms with Crippen LogP contribution in [-0.2, 0) is 14.3 Å². The van der Waals surface area contributed by atoms with Crippen molar-refractivity contribution in [3.05, 3.63) is 27.7 Å². The third-order valence-corrected chi connectivity index (χ3v) is 2.90. The van der Waals surface area contributed by atoms with E-state index in [1.54, 1.807) is 18.2 Å². The minimum absolute atomic E-state index is 0.128. The Morgan fingerprint density at radius 3 is 2.75 bits per heavy atom. The van der Waals surface area contributed by atoms with Gasteiger partial charge in [-0.2, -0.15) is 0 Å². The number of aliphatic carboxylic acids is 1. The lowest BCUT2D eigenvalue weighted by atomic mass is 10.3. The van der Waals surface area contributed by atoms with Gasteiger partial charge in [0.05, 0.1) is 11.1 Å². The van der Waals surface area contributed by atoms with Crippen molar-refractivity contribution in [2.45, 2.75) is 0 Å². The summed E-state index contributed by atoms with van der Waals surface area (Å²) in [5, 5.41) is 11.4. The van der Waals surface area contributed by atoms with Crippen LogP contribution in [0.15, 0.2) is 22.7 Å². The zero-order valence-electron chi connectivity index (χ0n) is 10.4. The largest absolute Gasteiger partial charge is 0.483 e. The molecule has 0 atom stereocenters. The number of carboxylic acid groups (broad SMARTS) is 1. The highest BCUT2D eigenvalue weighted by atomic mass is 79.9. The number of benzene rings is 1. The number of rotatable bonds is 8. The number of nitrogens with one attached hydrogen (secondary N) is 1. The number of ether oxygens (including phenoxy) is 2. The smallest absolute Gasteiger partial charge is 0.329 e. The first-order chi connectivity index (χ1) is 9.49. The molecule has 110 valence electrons. The van der Waals surface area contributed by atoms with Crippen LogP contribution in [0.2, 0.25) is 5.02 Å². The van der Waals surface area contributed by atoms with Crippen molar-refractivity contribution in [1.29, 1.82) is 0 Å². The van der Waals surface area contributed by atoms with Crippen LogP contribution in [0.4, 0.5) is 0 Å². The van der Waals surface area contributed by atoms with E-state index in [1.165, 1.54) is 0 Å².